The summed E-state index contributed by atoms with van der Waals surface area (Å²) in [6.45, 7) is 9.89. The monoisotopic (exact) mass is 300 g/mol. The van der Waals surface area contributed by atoms with Crippen molar-refractivity contribution in [1.82, 2.24) is 0 Å². The van der Waals surface area contributed by atoms with Crippen LogP contribution in [0.3, 0.4) is 0 Å². The fourth-order valence-corrected chi connectivity index (χ4v) is 3.00. The van der Waals surface area contributed by atoms with Gasteiger partial charge in [-0.1, -0.05) is 6.08 Å². The second kappa shape index (κ2) is 5.21. The van der Waals surface area contributed by atoms with Crippen molar-refractivity contribution in [3.63, 3.8) is 0 Å². The van der Waals surface area contributed by atoms with Crippen LogP contribution < -0.4 is 0 Å². The Kier molecular flexibility index (Phi) is 3.78. The van der Waals surface area contributed by atoms with Crippen molar-refractivity contribution in [2.24, 2.45) is 0 Å². The van der Waals surface area contributed by atoms with Crippen LogP contribution in [0.4, 0.5) is 0 Å². The summed E-state index contributed by atoms with van der Waals surface area (Å²) in [5.74, 6) is -1.26. The minimum absolute atomic E-state index is 0.198. The maximum atomic E-state index is 6.00. The Balaban J connectivity index is 1.75. The fourth-order valence-electron chi connectivity index (χ4n) is 3.00. The Morgan fingerprint density at radius 3 is 2.38 bits per heavy atom. The Morgan fingerprint density at radius 2 is 1.76 bits per heavy atom. The highest BCUT2D eigenvalue weighted by molar-refractivity contribution is 4.99. The average molecular weight is 300 g/mol. The molecule has 0 spiro atoms. The molecule has 3 fully saturated rings. The Labute approximate surface area is 125 Å². The van der Waals surface area contributed by atoms with E-state index in [0.717, 1.165) is 0 Å². The van der Waals surface area contributed by atoms with Crippen molar-refractivity contribution in [3.8, 4) is 0 Å². The minimum atomic E-state index is -0.663. The van der Waals surface area contributed by atoms with E-state index in [1.54, 1.807) is 6.26 Å². The third kappa shape index (κ3) is 2.96. The number of hydrogen-bond acceptors (Lipinski definition) is 6. The Bertz CT molecular complexity index is 418. The number of hydrogen-bond donors (Lipinski definition) is 0. The molecule has 5 atom stereocenters. The predicted octanol–water partition coefficient (Wildman–Crippen LogP) is 1.93. The number of allylic oxidation sites excluding steroid dienone is 1. The van der Waals surface area contributed by atoms with Gasteiger partial charge in [0.05, 0.1) is 12.9 Å². The topological polar surface area (TPSA) is 55.4 Å². The number of fused-ring (bicyclic) bond motifs is 1. The first-order chi connectivity index (χ1) is 9.81. The number of ether oxygens (including phenoxy) is 6. The summed E-state index contributed by atoms with van der Waals surface area (Å²) in [6.07, 6.45) is 2.02. The van der Waals surface area contributed by atoms with E-state index >= 15 is 0 Å². The molecule has 0 radical (unpaired) electrons. The van der Waals surface area contributed by atoms with Crippen molar-refractivity contribution >= 4 is 0 Å². The largest absolute Gasteiger partial charge is 0.493 e. The SMILES string of the molecule is C/C=C/O[C@@H]1[C@H]2OC(C)(C)O[C@H]2O[C@@H]1[C@H]1COC(C)(C)O1. The van der Waals surface area contributed by atoms with Crippen molar-refractivity contribution in [2.75, 3.05) is 6.61 Å². The van der Waals surface area contributed by atoms with Crippen LogP contribution in [-0.2, 0) is 28.4 Å². The molecule has 3 saturated heterocycles. The molecule has 0 saturated carbocycles. The number of rotatable bonds is 3. The van der Waals surface area contributed by atoms with Crippen molar-refractivity contribution in [1.29, 1.82) is 0 Å². The summed E-state index contributed by atoms with van der Waals surface area (Å²) in [5.41, 5.74) is 0. The molecule has 6 heteroatoms. The van der Waals surface area contributed by atoms with Crippen LogP contribution >= 0.6 is 0 Å². The van der Waals surface area contributed by atoms with E-state index in [2.05, 4.69) is 0 Å². The predicted molar refractivity (Wildman–Crippen MR) is 73.3 cm³/mol. The zero-order valence-corrected chi connectivity index (χ0v) is 13.2. The molecule has 6 nitrogen and oxygen atoms in total. The molecule has 21 heavy (non-hydrogen) atoms. The van der Waals surface area contributed by atoms with Gasteiger partial charge in [0.15, 0.2) is 30.1 Å². The van der Waals surface area contributed by atoms with Crippen LogP contribution in [0.25, 0.3) is 0 Å². The van der Waals surface area contributed by atoms with Crippen molar-refractivity contribution in [3.05, 3.63) is 12.3 Å². The molecular weight excluding hydrogens is 276 g/mol. The molecule has 0 aromatic heterocycles. The van der Waals surface area contributed by atoms with Gasteiger partial charge in [-0.25, -0.2) is 0 Å². The lowest BCUT2D eigenvalue weighted by atomic mass is 10.1. The maximum absolute atomic E-state index is 6.00. The van der Waals surface area contributed by atoms with E-state index in [0.29, 0.717) is 6.61 Å². The van der Waals surface area contributed by atoms with E-state index in [1.165, 1.54) is 0 Å². The third-order valence-corrected chi connectivity index (χ3v) is 3.80. The van der Waals surface area contributed by atoms with Crippen LogP contribution in [0, 0.1) is 0 Å². The normalized spacial score (nSPS) is 44.3. The average Bonchev–Trinajstić information content (AvgIpc) is 2.96. The first kappa shape index (κ1) is 15.2. The van der Waals surface area contributed by atoms with Gasteiger partial charge in [-0.15, -0.1) is 0 Å². The van der Waals surface area contributed by atoms with Crippen LogP contribution in [0.1, 0.15) is 34.6 Å². The van der Waals surface area contributed by atoms with Crippen molar-refractivity contribution in [2.45, 2.75) is 76.9 Å². The molecule has 3 aliphatic heterocycles. The quantitative estimate of drug-likeness (QED) is 0.742. The van der Waals surface area contributed by atoms with E-state index in [1.807, 2.05) is 40.7 Å². The van der Waals surface area contributed by atoms with Crippen LogP contribution in [-0.4, -0.2) is 48.9 Å². The lowest BCUT2D eigenvalue weighted by Gasteiger charge is -2.28. The van der Waals surface area contributed by atoms with Gasteiger partial charge in [-0.2, -0.15) is 0 Å². The summed E-state index contributed by atoms with van der Waals surface area (Å²) in [6, 6.07) is 0. The zero-order valence-electron chi connectivity index (χ0n) is 13.2. The standard InChI is InChI=1S/C15H24O6/c1-6-7-16-11-10(9-8-17-14(2,3)19-9)18-13-12(11)20-15(4,5)21-13/h6-7,9-13H,8H2,1-5H3/b7-6+/t9-,10-,11+,12-,13-/m1/s1. The molecule has 3 rings (SSSR count). The highest BCUT2D eigenvalue weighted by Crippen LogP contribution is 2.41. The lowest BCUT2D eigenvalue weighted by molar-refractivity contribution is -0.232. The Hall–Kier alpha value is -0.660. The zero-order chi connectivity index (χ0) is 15.3. The summed E-state index contributed by atoms with van der Waals surface area (Å²) < 4.78 is 35.0. The highest BCUT2D eigenvalue weighted by atomic mass is 16.8. The fraction of sp³-hybridized carbons (Fsp3) is 0.867. The summed E-state index contributed by atoms with van der Waals surface area (Å²) >= 11 is 0. The van der Waals surface area contributed by atoms with Gasteiger partial charge in [0.2, 0.25) is 0 Å². The molecule has 3 aliphatic rings. The smallest absolute Gasteiger partial charge is 0.191 e. The highest BCUT2D eigenvalue weighted by Gasteiger charge is 2.59. The molecule has 0 aliphatic carbocycles. The van der Waals surface area contributed by atoms with E-state index in [4.69, 9.17) is 28.4 Å². The van der Waals surface area contributed by atoms with Gasteiger partial charge in [0.25, 0.3) is 0 Å². The van der Waals surface area contributed by atoms with Crippen LogP contribution in [0.2, 0.25) is 0 Å². The lowest BCUT2D eigenvalue weighted by Crippen LogP contribution is -2.43. The summed E-state index contributed by atoms with van der Waals surface area (Å²) in [4.78, 5) is 0. The van der Waals surface area contributed by atoms with E-state index in [-0.39, 0.29) is 24.4 Å². The molecule has 0 aromatic carbocycles. The first-order valence-electron chi connectivity index (χ1n) is 7.41. The molecule has 0 N–H and O–H groups in total. The van der Waals surface area contributed by atoms with E-state index < -0.39 is 17.9 Å². The van der Waals surface area contributed by atoms with Gasteiger partial charge in [0, 0.05) is 0 Å². The second-order valence-corrected chi connectivity index (χ2v) is 6.51. The summed E-state index contributed by atoms with van der Waals surface area (Å²) in [7, 11) is 0. The molecule has 0 unspecified atom stereocenters. The van der Waals surface area contributed by atoms with Gasteiger partial charge in [-0.05, 0) is 34.6 Å². The summed E-state index contributed by atoms with van der Waals surface area (Å²) in [5, 5.41) is 0. The van der Waals surface area contributed by atoms with Crippen LogP contribution in [0.5, 0.6) is 0 Å². The van der Waals surface area contributed by atoms with Crippen molar-refractivity contribution < 1.29 is 28.4 Å². The maximum Gasteiger partial charge on any atom is 0.191 e. The molecule has 0 bridgehead atoms. The van der Waals surface area contributed by atoms with Gasteiger partial charge >= 0.3 is 0 Å². The molecule has 0 amide bonds. The Morgan fingerprint density at radius 1 is 1.00 bits per heavy atom. The molecular formula is C15H24O6. The van der Waals surface area contributed by atoms with Gasteiger partial charge < -0.3 is 28.4 Å². The molecule has 0 aromatic rings. The van der Waals surface area contributed by atoms with Gasteiger partial charge in [-0.3, -0.25) is 0 Å². The van der Waals surface area contributed by atoms with Gasteiger partial charge in [0.1, 0.15) is 12.2 Å². The van der Waals surface area contributed by atoms with E-state index in [9.17, 15) is 0 Å². The molecule has 120 valence electrons. The minimum Gasteiger partial charge on any atom is -0.493 e. The second-order valence-electron chi connectivity index (χ2n) is 6.51. The first-order valence-corrected chi connectivity index (χ1v) is 7.41. The molecule has 3 heterocycles. The van der Waals surface area contributed by atoms with Crippen LogP contribution in [0.15, 0.2) is 12.3 Å². The third-order valence-electron chi connectivity index (χ3n) is 3.80.